The molecule has 1 saturated heterocycles. The fraction of sp³-hybridized carbons (Fsp3) is 0.600. The second kappa shape index (κ2) is 7.41. The molecule has 0 aliphatic carbocycles. The van der Waals surface area contributed by atoms with Gasteiger partial charge in [-0.05, 0) is 0 Å². The lowest BCUT2D eigenvalue weighted by Crippen LogP contribution is -2.37. The molecule has 7 nitrogen and oxygen atoms in total. The molecule has 2 amide bonds. The van der Waals surface area contributed by atoms with Crippen LogP contribution in [0.5, 0.6) is 0 Å². The van der Waals surface area contributed by atoms with Crippen molar-refractivity contribution in [3.8, 4) is 0 Å². The first kappa shape index (κ1) is 15.9. The van der Waals surface area contributed by atoms with Gasteiger partial charge in [0.1, 0.15) is 10.9 Å². The third-order valence-electron chi connectivity index (χ3n) is 2.33. The van der Waals surface area contributed by atoms with Crippen molar-refractivity contribution in [1.29, 1.82) is 0 Å². The van der Waals surface area contributed by atoms with Crippen LogP contribution >= 0.6 is 24.0 Å². The number of nitrogens with one attached hydrogen (secondary N) is 1. The van der Waals surface area contributed by atoms with Gasteiger partial charge in [-0.25, -0.2) is 0 Å². The highest BCUT2D eigenvalue weighted by Crippen LogP contribution is 2.29. The Balaban J connectivity index is 2.47. The number of carbonyl (C=O) groups is 3. The van der Waals surface area contributed by atoms with Crippen molar-refractivity contribution in [3.05, 3.63) is 0 Å². The molecule has 1 atom stereocenters. The number of carboxylic acids is 1. The predicted octanol–water partition coefficient (Wildman–Crippen LogP) is -0.547. The quantitative estimate of drug-likeness (QED) is 0.609. The Morgan fingerprint density at radius 3 is 2.84 bits per heavy atom. The van der Waals surface area contributed by atoms with Crippen LogP contribution in [0.4, 0.5) is 0 Å². The van der Waals surface area contributed by atoms with Crippen molar-refractivity contribution in [2.45, 2.75) is 11.7 Å². The number of thiocarbonyl (C=S) groups is 1. The van der Waals surface area contributed by atoms with Crippen molar-refractivity contribution in [2.75, 3.05) is 26.8 Å². The molecule has 1 aliphatic heterocycles. The van der Waals surface area contributed by atoms with E-state index < -0.39 is 23.7 Å². The SMILES string of the molecule is COCCN1C(=O)C(CC(=O)NCC(=O)O)SC1=S. The van der Waals surface area contributed by atoms with E-state index in [0.29, 0.717) is 17.5 Å². The number of hydrogen-bond donors (Lipinski definition) is 2. The van der Waals surface area contributed by atoms with Gasteiger partial charge in [0.05, 0.1) is 18.4 Å². The van der Waals surface area contributed by atoms with Crippen LogP contribution in [0.2, 0.25) is 0 Å². The summed E-state index contributed by atoms with van der Waals surface area (Å²) in [6.07, 6.45) is -0.0829. The number of carbonyl (C=O) groups excluding carboxylic acids is 2. The van der Waals surface area contributed by atoms with Crippen LogP contribution in [0.3, 0.4) is 0 Å². The average molecular weight is 306 g/mol. The molecule has 0 saturated carbocycles. The maximum absolute atomic E-state index is 12.0. The molecule has 0 radical (unpaired) electrons. The number of methoxy groups -OCH3 is 1. The van der Waals surface area contributed by atoms with Crippen molar-refractivity contribution in [3.63, 3.8) is 0 Å². The van der Waals surface area contributed by atoms with E-state index >= 15 is 0 Å². The highest BCUT2D eigenvalue weighted by Gasteiger charge is 2.37. The molecule has 106 valence electrons. The molecule has 2 N–H and O–H groups in total. The summed E-state index contributed by atoms with van der Waals surface area (Å²) in [5, 5.41) is 10.1. The number of hydrogen-bond acceptors (Lipinski definition) is 6. The van der Waals surface area contributed by atoms with Gasteiger partial charge in [-0.2, -0.15) is 0 Å². The summed E-state index contributed by atoms with van der Waals surface area (Å²) in [4.78, 5) is 35.1. The lowest BCUT2D eigenvalue weighted by Gasteiger charge is -2.14. The molecule has 1 heterocycles. The third-order valence-corrected chi connectivity index (χ3v) is 3.92. The minimum Gasteiger partial charge on any atom is -0.480 e. The number of carboxylic acid groups (broad SMARTS) is 1. The van der Waals surface area contributed by atoms with Crippen molar-refractivity contribution in [2.24, 2.45) is 0 Å². The Morgan fingerprint density at radius 2 is 2.26 bits per heavy atom. The van der Waals surface area contributed by atoms with Gasteiger partial charge in [0.15, 0.2) is 0 Å². The van der Waals surface area contributed by atoms with Crippen LogP contribution in [0.1, 0.15) is 6.42 Å². The molecule has 0 bridgehead atoms. The molecule has 1 fully saturated rings. The Labute approximate surface area is 119 Å². The van der Waals surface area contributed by atoms with Crippen LogP contribution in [-0.4, -0.2) is 64.2 Å². The average Bonchev–Trinajstić information content (AvgIpc) is 2.60. The van der Waals surface area contributed by atoms with Crippen LogP contribution in [0.15, 0.2) is 0 Å². The van der Waals surface area contributed by atoms with Gasteiger partial charge in [-0.1, -0.05) is 24.0 Å². The molecule has 1 aliphatic rings. The molecule has 1 rings (SSSR count). The summed E-state index contributed by atoms with van der Waals surface area (Å²) < 4.78 is 5.29. The predicted molar refractivity (Wildman–Crippen MR) is 72.8 cm³/mol. The number of nitrogens with zero attached hydrogens (tertiary/aromatic N) is 1. The summed E-state index contributed by atoms with van der Waals surface area (Å²) in [6, 6.07) is 0. The van der Waals surface area contributed by atoms with Crippen molar-refractivity contribution in [1.82, 2.24) is 10.2 Å². The lowest BCUT2D eigenvalue weighted by atomic mass is 10.2. The van der Waals surface area contributed by atoms with E-state index in [0.717, 1.165) is 11.8 Å². The van der Waals surface area contributed by atoms with E-state index in [2.05, 4.69) is 5.32 Å². The van der Waals surface area contributed by atoms with Crippen molar-refractivity contribution >= 4 is 46.1 Å². The molecule has 0 aromatic carbocycles. The van der Waals surface area contributed by atoms with Crippen molar-refractivity contribution < 1.29 is 24.2 Å². The van der Waals surface area contributed by atoms with E-state index in [1.54, 1.807) is 0 Å². The number of rotatable bonds is 7. The standard InChI is InChI=1S/C10H14N2O5S2/c1-17-3-2-12-9(16)6(19-10(12)18)4-7(13)11-5-8(14)15/h6H,2-5H2,1H3,(H,11,13)(H,14,15). The Morgan fingerprint density at radius 1 is 1.58 bits per heavy atom. The molecule has 0 aromatic heterocycles. The molecule has 1 unspecified atom stereocenters. The molecule has 0 aromatic rings. The maximum Gasteiger partial charge on any atom is 0.322 e. The third kappa shape index (κ3) is 4.77. The maximum atomic E-state index is 12.0. The smallest absolute Gasteiger partial charge is 0.322 e. The Hall–Kier alpha value is -1.19. The molecule has 9 heteroatoms. The van der Waals surface area contributed by atoms with E-state index in [-0.39, 0.29) is 12.3 Å². The van der Waals surface area contributed by atoms with Gasteiger partial charge in [0, 0.05) is 13.5 Å². The van der Waals surface area contributed by atoms with E-state index in [9.17, 15) is 14.4 Å². The summed E-state index contributed by atoms with van der Waals surface area (Å²) in [7, 11) is 1.52. The highest BCUT2D eigenvalue weighted by atomic mass is 32.2. The summed E-state index contributed by atoms with van der Waals surface area (Å²) >= 11 is 6.19. The minimum absolute atomic E-state index is 0.0829. The van der Waals surface area contributed by atoms with Crippen LogP contribution in [0, 0.1) is 0 Å². The molecular weight excluding hydrogens is 292 g/mol. The monoisotopic (exact) mass is 306 g/mol. The Bertz CT molecular complexity index is 401. The van der Waals surface area contributed by atoms with Gasteiger partial charge < -0.3 is 15.2 Å². The number of amides is 2. The summed E-state index contributed by atoms with van der Waals surface area (Å²) in [6.45, 7) is 0.265. The first-order valence-electron chi connectivity index (χ1n) is 5.45. The van der Waals surface area contributed by atoms with Crippen LogP contribution < -0.4 is 5.32 Å². The van der Waals surface area contributed by atoms with Gasteiger partial charge in [-0.3, -0.25) is 19.3 Å². The van der Waals surface area contributed by atoms with Gasteiger partial charge >= 0.3 is 5.97 Å². The lowest BCUT2D eigenvalue weighted by molar-refractivity contribution is -0.138. The van der Waals surface area contributed by atoms with Crippen LogP contribution in [0.25, 0.3) is 0 Å². The normalized spacial score (nSPS) is 18.8. The van der Waals surface area contributed by atoms with E-state index in [1.807, 2.05) is 0 Å². The van der Waals surface area contributed by atoms with Gasteiger partial charge in [-0.15, -0.1) is 0 Å². The molecule has 19 heavy (non-hydrogen) atoms. The molecular formula is C10H14N2O5S2. The van der Waals surface area contributed by atoms with E-state index in [1.165, 1.54) is 12.0 Å². The number of aliphatic carboxylic acids is 1. The van der Waals surface area contributed by atoms with Crippen LogP contribution in [-0.2, 0) is 19.1 Å². The van der Waals surface area contributed by atoms with E-state index in [4.69, 9.17) is 22.1 Å². The second-order valence-corrected chi connectivity index (χ2v) is 5.57. The first-order chi connectivity index (χ1) is 8.95. The van der Waals surface area contributed by atoms with Gasteiger partial charge in [0.25, 0.3) is 0 Å². The zero-order valence-electron chi connectivity index (χ0n) is 10.2. The number of ether oxygens (including phenoxy) is 1. The first-order valence-corrected chi connectivity index (χ1v) is 6.74. The molecule has 0 spiro atoms. The Kier molecular flexibility index (Phi) is 6.19. The minimum atomic E-state index is -1.13. The zero-order valence-corrected chi connectivity index (χ0v) is 11.9. The topological polar surface area (TPSA) is 95.9 Å². The summed E-state index contributed by atoms with van der Waals surface area (Å²) in [5.41, 5.74) is 0. The fourth-order valence-electron chi connectivity index (χ4n) is 1.43. The summed E-state index contributed by atoms with van der Waals surface area (Å²) in [5.74, 6) is -1.85. The zero-order chi connectivity index (χ0) is 14.4. The number of thioether (sulfide) groups is 1. The fourth-order valence-corrected chi connectivity index (χ4v) is 2.97. The van der Waals surface area contributed by atoms with Gasteiger partial charge in [0.2, 0.25) is 11.8 Å². The largest absolute Gasteiger partial charge is 0.480 e. The highest BCUT2D eigenvalue weighted by molar-refractivity contribution is 8.24. The second-order valence-electron chi connectivity index (χ2n) is 3.73.